The van der Waals surface area contributed by atoms with Crippen LogP contribution >= 0.6 is 0 Å². The molecule has 1 N–H and O–H groups in total. The number of nitrogens with one attached hydrogen (secondary N) is 1. The Hall–Kier alpha value is -4.13. The van der Waals surface area contributed by atoms with Crippen LogP contribution in [0.3, 0.4) is 0 Å². The van der Waals surface area contributed by atoms with E-state index in [9.17, 15) is 4.79 Å². The van der Waals surface area contributed by atoms with Crippen molar-refractivity contribution in [3.8, 4) is 17.4 Å². The van der Waals surface area contributed by atoms with Crippen LogP contribution in [0.5, 0.6) is 11.6 Å². The summed E-state index contributed by atoms with van der Waals surface area (Å²) in [4.78, 5) is 22.9. The summed E-state index contributed by atoms with van der Waals surface area (Å²) in [5, 5.41) is 2.90. The molecular formula is C23H21N5O2. The summed E-state index contributed by atoms with van der Waals surface area (Å²) >= 11 is 0. The van der Waals surface area contributed by atoms with Gasteiger partial charge in [-0.15, -0.1) is 0 Å². The van der Waals surface area contributed by atoms with Crippen LogP contribution < -0.4 is 15.0 Å². The molecule has 150 valence electrons. The number of carbonyl (C=O) groups is 1. The van der Waals surface area contributed by atoms with E-state index in [-0.39, 0.29) is 5.91 Å². The number of anilines is 2. The van der Waals surface area contributed by atoms with Crippen molar-refractivity contribution in [3.05, 3.63) is 91.0 Å². The third-order valence-electron chi connectivity index (χ3n) is 4.46. The zero-order chi connectivity index (χ0) is 20.9. The van der Waals surface area contributed by atoms with Crippen molar-refractivity contribution in [2.75, 3.05) is 24.3 Å². The van der Waals surface area contributed by atoms with E-state index < -0.39 is 0 Å². The van der Waals surface area contributed by atoms with Crippen LogP contribution in [0.15, 0.2) is 85.5 Å². The monoisotopic (exact) mass is 399 g/mol. The van der Waals surface area contributed by atoms with Crippen LogP contribution in [0.1, 0.15) is 10.4 Å². The van der Waals surface area contributed by atoms with E-state index in [1.807, 2.05) is 66.3 Å². The first-order valence-electron chi connectivity index (χ1n) is 9.40. The third kappa shape index (κ3) is 4.47. The molecule has 0 fully saturated rings. The predicted molar refractivity (Wildman–Crippen MR) is 117 cm³/mol. The van der Waals surface area contributed by atoms with Crippen LogP contribution in [0, 0.1) is 0 Å². The second-order valence-electron chi connectivity index (χ2n) is 6.83. The minimum atomic E-state index is -0.167. The van der Waals surface area contributed by atoms with Crippen LogP contribution in [0.2, 0.25) is 0 Å². The van der Waals surface area contributed by atoms with Gasteiger partial charge in [-0.25, -0.2) is 9.97 Å². The lowest BCUT2D eigenvalue weighted by Crippen LogP contribution is -2.14. The maximum atomic E-state index is 12.5. The van der Waals surface area contributed by atoms with Gasteiger partial charge >= 0.3 is 0 Å². The number of hydrogen-bond acceptors (Lipinski definition) is 5. The fourth-order valence-corrected chi connectivity index (χ4v) is 2.87. The maximum Gasteiger partial charge on any atom is 0.255 e. The largest absolute Gasteiger partial charge is 0.439 e. The van der Waals surface area contributed by atoms with Gasteiger partial charge in [-0.3, -0.25) is 4.79 Å². The summed E-state index contributed by atoms with van der Waals surface area (Å²) in [6.45, 7) is 0. The minimum Gasteiger partial charge on any atom is -0.439 e. The topological polar surface area (TPSA) is 72.3 Å². The molecule has 0 saturated heterocycles. The lowest BCUT2D eigenvalue weighted by molar-refractivity contribution is 0.102. The van der Waals surface area contributed by atoms with E-state index in [0.717, 1.165) is 5.69 Å². The van der Waals surface area contributed by atoms with Gasteiger partial charge < -0.3 is 19.5 Å². The first kappa shape index (κ1) is 19.2. The molecule has 0 radical (unpaired) electrons. The summed E-state index contributed by atoms with van der Waals surface area (Å²) < 4.78 is 7.69. The molecular weight excluding hydrogens is 378 g/mol. The lowest BCUT2D eigenvalue weighted by atomic mass is 10.1. The molecule has 1 amide bonds. The van der Waals surface area contributed by atoms with Gasteiger partial charge in [-0.05, 0) is 54.6 Å². The second kappa shape index (κ2) is 8.48. The number of nitrogens with zero attached hydrogens (tertiary/aromatic N) is 4. The van der Waals surface area contributed by atoms with Crippen LogP contribution in [0.25, 0.3) is 5.82 Å². The molecule has 0 aliphatic rings. The van der Waals surface area contributed by atoms with E-state index in [4.69, 9.17) is 4.74 Å². The van der Waals surface area contributed by atoms with Gasteiger partial charge in [-0.2, -0.15) is 0 Å². The number of amides is 1. The summed E-state index contributed by atoms with van der Waals surface area (Å²) in [6, 6.07) is 20.2. The van der Waals surface area contributed by atoms with Crippen molar-refractivity contribution in [1.82, 2.24) is 14.5 Å². The molecule has 0 atom stereocenters. The predicted octanol–water partition coefficient (Wildman–Crippen LogP) is 4.38. The summed E-state index contributed by atoms with van der Waals surface area (Å²) in [7, 11) is 3.88. The van der Waals surface area contributed by atoms with Crippen molar-refractivity contribution in [3.63, 3.8) is 0 Å². The molecule has 0 aliphatic heterocycles. The van der Waals surface area contributed by atoms with Crippen LogP contribution in [-0.2, 0) is 0 Å². The highest BCUT2D eigenvalue weighted by molar-refractivity contribution is 6.04. The van der Waals surface area contributed by atoms with Crippen molar-refractivity contribution < 1.29 is 9.53 Å². The first-order valence-corrected chi connectivity index (χ1v) is 9.40. The smallest absolute Gasteiger partial charge is 0.255 e. The number of benzene rings is 2. The van der Waals surface area contributed by atoms with Gasteiger partial charge in [0.05, 0.1) is 0 Å². The van der Waals surface area contributed by atoms with Crippen molar-refractivity contribution >= 4 is 17.3 Å². The summed E-state index contributed by atoms with van der Waals surface area (Å²) in [5.74, 6) is 1.60. The number of aromatic nitrogens is 3. The molecule has 4 rings (SSSR count). The fourth-order valence-electron chi connectivity index (χ4n) is 2.87. The quantitative estimate of drug-likeness (QED) is 0.521. The van der Waals surface area contributed by atoms with E-state index in [0.29, 0.717) is 28.7 Å². The highest BCUT2D eigenvalue weighted by Gasteiger charge is 2.08. The number of ether oxygens (including phenoxy) is 1. The second-order valence-corrected chi connectivity index (χ2v) is 6.83. The Kier molecular flexibility index (Phi) is 5.43. The molecule has 7 heteroatoms. The number of carbonyl (C=O) groups excluding carboxylic acids is 1. The maximum absolute atomic E-state index is 12.5. The Balaban J connectivity index is 1.43. The molecule has 2 aromatic carbocycles. The molecule has 0 spiro atoms. The molecule has 2 aromatic heterocycles. The van der Waals surface area contributed by atoms with Crippen LogP contribution in [0.4, 0.5) is 11.4 Å². The summed E-state index contributed by atoms with van der Waals surface area (Å²) in [6.07, 6.45) is 5.26. The van der Waals surface area contributed by atoms with Crippen molar-refractivity contribution in [2.45, 2.75) is 0 Å². The highest BCUT2D eigenvalue weighted by Crippen LogP contribution is 2.23. The van der Waals surface area contributed by atoms with Crippen molar-refractivity contribution in [2.24, 2.45) is 0 Å². The molecule has 7 nitrogen and oxygen atoms in total. The first-order chi connectivity index (χ1) is 14.6. The van der Waals surface area contributed by atoms with Crippen molar-refractivity contribution in [1.29, 1.82) is 0 Å². The van der Waals surface area contributed by atoms with Gasteiger partial charge in [0, 0.05) is 49.5 Å². The summed E-state index contributed by atoms with van der Waals surface area (Å²) in [5.41, 5.74) is 2.24. The number of hydrogen-bond donors (Lipinski definition) is 1. The molecule has 0 aliphatic carbocycles. The Morgan fingerprint density at radius 3 is 2.47 bits per heavy atom. The highest BCUT2D eigenvalue weighted by atomic mass is 16.5. The Labute approximate surface area is 174 Å². The zero-order valence-electron chi connectivity index (χ0n) is 16.7. The van der Waals surface area contributed by atoms with E-state index >= 15 is 0 Å². The van der Waals surface area contributed by atoms with Gasteiger partial charge in [-0.1, -0.05) is 6.07 Å². The van der Waals surface area contributed by atoms with Crippen LogP contribution in [-0.4, -0.2) is 34.5 Å². The van der Waals surface area contributed by atoms with Gasteiger partial charge in [0.15, 0.2) is 0 Å². The van der Waals surface area contributed by atoms with E-state index in [2.05, 4.69) is 15.3 Å². The molecule has 4 aromatic rings. The SMILES string of the molecule is CN(C)c1cccc(C(=O)Nc2ccc(Oc3cc(-n4cccc4)ncn3)cc2)c1. The normalized spacial score (nSPS) is 10.5. The fraction of sp³-hybridized carbons (Fsp3) is 0.0870. The Morgan fingerprint density at radius 1 is 0.967 bits per heavy atom. The third-order valence-corrected chi connectivity index (χ3v) is 4.46. The molecule has 0 bridgehead atoms. The molecule has 30 heavy (non-hydrogen) atoms. The van der Waals surface area contributed by atoms with E-state index in [1.165, 1.54) is 6.33 Å². The minimum absolute atomic E-state index is 0.167. The average molecular weight is 399 g/mol. The molecule has 2 heterocycles. The van der Waals surface area contributed by atoms with E-state index in [1.54, 1.807) is 36.4 Å². The molecule has 0 unspecified atom stereocenters. The van der Waals surface area contributed by atoms with Gasteiger partial charge in [0.1, 0.15) is 17.9 Å². The average Bonchev–Trinajstić information content (AvgIpc) is 3.30. The van der Waals surface area contributed by atoms with Gasteiger partial charge in [0.2, 0.25) is 5.88 Å². The zero-order valence-corrected chi connectivity index (χ0v) is 16.7. The molecule has 0 saturated carbocycles. The Morgan fingerprint density at radius 2 is 1.73 bits per heavy atom. The Bertz CT molecular complexity index is 1140. The number of rotatable bonds is 6. The lowest BCUT2D eigenvalue weighted by Gasteiger charge is -2.13. The standard InChI is InChI=1S/C23H21N5O2/c1-27(2)19-7-5-6-17(14-19)23(29)26-18-8-10-20(11-9-18)30-22-15-21(24-16-25-22)28-12-3-4-13-28/h3-16H,1-2H3,(H,26,29). The van der Waals surface area contributed by atoms with Gasteiger partial charge in [0.25, 0.3) is 5.91 Å².